The van der Waals surface area contributed by atoms with Gasteiger partial charge in [0, 0.05) is 29.8 Å². The lowest BCUT2D eigenvalue weighted by Gasteiger charge is -2.34. The van der Waals surface area contributed by atoms with Crippen LogP contribution in [0.4, 0.5) is 14.5 Å². The van der Waals surface area contributed by atoms with Gasteiger partial charge in [0.05, 0.1) is 22.2 Å². The van der Waals surface area contributed by atoms with Gasteiger partial charge in [-0.25, -0.2) is 17.2 Å². The van der Waals surface area contributed by atoms with Crippen molar-refractivity contribution in [1.82, 2.24) is 10.6 Å². The Morgan fingerprint density at radius 3 is 2.51 bits per heavy atom. The minimum Gasteiger partial charge on any atom is -0.484 e. The van der Waals surface area contributed by atoms with Gasteiger partial charge >= 0.3 is 0 Å². The van der Waals surface area contributed by atoms with E-state index in [2.05, 4.69) is 17.2 Å². The van der Waals surface area contributed by atoms with Crippen LogP contribution in [0.2, 0.25) is 10.0 Å². The van der Waals surface area contributed by atoms with Gasteiger partial charge in [-0.05, 0) is 54.6 Å². The van der Waals surface area contributed by atoms with E-state index in [4.69, 9.17) is 32.7 Å². The zero-order valence-corrected chi connectivity index (χ0v) is 23.5. The minimum atomic E-state index is -4.21. The van der Waals surface area contributed by atoms with Gasteiger partial charge in [0.25, 0.3) is 21.8 Å². The molecule has 0 bridgehead atoms. The smallest absolute Gasteiger partial charge is 0.264 e. The SMILES string of the molecule is C=C(CCNC(=O)C1CN(S(=O)(=O)c2ccc(F)cc2)c2cc(Cl)ccc2O1)NC(=O)COc1ccc(Cl)c(F)c1. The Labute approximate surface area is 244 Å². The van der Waals surface area contributed by atoms with Crippen molar-refractivity contribution in [3.63, 3.8) is 0 Å². The molecule has 0 radical (unpaired) electrons. The van der Waals surface area contributed by atoms with E-state index in [0.29, 0.717) is 0 Å². The number of fused-ring (bicyclic) bond motifs is 1. The number of rotatable bonds is 10. The topological polar surface area (TPSA) is 114 Å². The molecule has 3 aromatic carbocycles. The van der Waals surface area contributed by atoms with Gasteiger partial charge in [0.2, 0.25) is 0 Å². The molecule has 0 aromatic heterocycles. The second kappa shape index (κ2) is 12.8. The van der Waals surface area contributed by atoms with E-state index < -0.39 is 46.2 Å². The number of anilines is 1. The Bertz CT molecular complexity index is 1590. The second-order valence-corrected chi connectivity index (χ2v) is 11.5. The zero-order chi connectivity index (χ0) is 29.7. The number of hydrogen-bond acceptors (Lipinski definition) is 6. The highest BCUT2D eigenvalue weighted by molar-refractivity contribution is 7.92. The Morgan fingerprint density at radius 2 is 1.80 bits per heavy atom. The molecule has 9 nitrogen and oxygen atoms in total. The number of benzene rings is 3. The molecule has 1 atom stereocenters. The summed E-state index contributed by atoms with van der Waals surface area (Å²) in [7, 11) is -4.21. The Kier molecular flexibility index (Phi) is 9.36. The summed E-state index contributed by atoms with van der Waals surface area (Å²) < 4.78 is 65.7. The number of nitrogens with zero attached hydrogens (tertiary/aromatic N) is 1. The first-order chi connectivity index (χ1) is 19.4. The number of amides is 2. The lowest BCUT2D eigenvalue weighted by molar-refractivity contribution is -0.127. The molecule has 0 saturated carbocycles. The van der Waals surface area contributed by atoms with Crippen LogP contribution in [-0.2, 0) is 19.6 Å². The highest BCUT2D eigenvalue weighted by Crippen LogP contribution is 2.38. The van der Waals surface area contributed by atoms with E-state index in [1.54, 1.807) is 0 Å². The number of hydrogen-bond donors (Lipinski definition) is 2. The van der Waals surface area contributed by atoms with E-state index in [0.717, 1.165) is 34.6 Å². The van der Waals surface area contributed by atoms with Gasteiger partial charge in [-0.15, -0.1) is 0 Å². The molecule has 1 aliphatic heterocycles. The molecule has 0 spiro atoms. The number of halogens is 4. The van der Waals surface area contributed by atoms with E-state index in [-0.39, 0.29) is 57.3 Å². The monoisotopic (exact) mass is 625 g/mol. The molecule has 4 rings (SSSR count). The van der Waals surface area contributed by atoms with Gasteiger partial charge in [0.15, 0.2) is 12.7 Å². The van der Waals surface area contributed by atoms with Crippen LogP contribution in [0, 0.1) is 11.6 Å². The van der Waals surface area contributed by atoms with Crippen molar-refractivity contribution in [3.8, 4) is 11.5 Å². The Balaban J connectivity index is 1.33. The zero-order valence-electron chi connectivity index (χ0n) is 21.2. The largest absolute Gasteiger partial charge is 0.484 e. The Morgan fingerprint density at radius 1 is 1.07 bits per heavy atom. The van der Waals surface area contributed by atoms with Crippen LogP contribution in [0.5, 0.6) is 11.5 Å². The third kappa shape index (κ3) is 7.46. The first kappa shape index (κ1) is 30.1. The standard InChI is InChI=1S/C27H23Cl2F2N3O6S/c1-16(33-26(35)15-39-19-5-8-21(29)22(31)13-19)10-11-32-27(36)25-14-34(23-12-17(28)2-9-24(23)40-25)41(37,38)20-6-3-18(30)4-7-20/h2-9,12-13,25H,1,10-11,14-15H2,(H,32,36)(H,33,35). The van der Waals surface area contributed by atoms with Gasteiger partial charge in [-0.1, -0.05) is 29.8 Å². The molecule has 2 N–H and O–H groups in total. The summed E-state index contributed by atoms with van der Waals surface area (Å²) in [5.74, 6) is -2.22. The molecular weight excluding hydrogens is 603 g/mol. The normalized spacial score (nSPS) is 14.4. The second-order valence-electron chi connectivity index (χ2n) is 8.77. The highest BCUT2D eigenvalue weighted by Gasteiger charge is 2.37. The summed E-state index contributed by atoms with van der Waals surface area (Å²) in [6, 6.07) is 12.4. The number of nitrogens with one attached hydrogen (secondary N) is 2. The lowest BCUT2D eigenvalue weighted by Crippen LogP contribution is -2.51. The average Bonchev–Trinajstić information content (AvgIpc) is 2.93. The number of sulfonamides is 1. The first-order valence-corrected chi connectivity index (χ1v) is 14.2. The van der Waals surface area contributed by atoms with E-state index >= 15 is 0 Å². The van der Waals surface area contributed by atoms with Crippen LogP contribution >= 0.6 is 23.2 Å². The highest BCUT2D eigenvalue weighted by atomic mass is 35.5. The molecule has 216 valence electrons. The number of carbonyl (C=O) groups is 2. The van der Waals surface area contributed by atoms with Crippen LogP contribution in [0.25, 0.3) is 0 Å². The third-order valence-corrected chi connectivity index (χ3v) is 8.12. The molecule has 14 heteroatoms. The summed E-state index contributed by atoms with van der Waals surface area (Å²) in [5.41, 5.74) is 0.400. The fourth-order valence-electron chi connectivity index (χ4n) is 3.78. The molecular formula is C27H23Cl2F2N3O6S. The molecule has 1 heterocycles. The maximum atomic E-state index is 13.5. The predicted octanol–water partition coefficient (Wildman–Crippen LogP) is 4.44. The average molecular weight is 626 g/mol. The summed E-state index contributed by atoms with van der Waals surface area (Å²) in [5, 5.41) is 5.31. The predicted molar refractivity (Wildman–Crippen MR) is 149 cm³/mol. The Hall–Kier alpha value is -3.87. The molecule has 3 aromatic rings. The van der Waals surface area contributed by atoms with Gasteiger partial charge in [-0.3, -0.25) is 13.9 Å². The van der Waals surface area contributed by atoms with Crippen LogP contribution in [0.3, 0.4) is 0 Å². The van der Waals surface area contributed by atoms with Crippen molar-refractivity contribution in [3.05, 3.63) is 94.6 Å². The van der Waals surface area contributed by atoms with Crippen LogP contribution in [-0.4, -0.2) is 46.0 Å². The summed E-state index contributed by atoms with van der Waals surface area (Å²) in [6.07, 6.45) is -1.08. The molecule has 0 fully saturated rings. The van der Waals surface area contributed by atoms with Gasteiger partial charge in [0.1, 0.15) is 23.1 Å². The van der Waals surface area contributed by atoms with Crippen LogP contribution < -0.4 is 24.4 Å². The lowest BCUT2D eigenvalue weighted by atomic mass is 10.2. The number of carbonyl (C=O) groups excluding carboxylic acids is 2. The van der Waals surface area contributed by atoms with Crippen molar-refractivity contribution < 1.29 is 36.3 Å². The van der Waals surface area contributed by atoms with Crippen molar-refractivity contribution >= 4 is 50.7 Å². The van der Waals surface area contributed by atoms with E-state index in [9.17, 15) is 26.8 Å². The molecule has 0 aliphatic carbocycles. The minimum absolute atomic E-state index is 0.0409. The third-order valence-electron chi connectivity index (χ3n) is 5.79. The summed E-state index contributed by atoms with van der Waals surface area (Å²) in [6.45, 7) is 2.99. The molecule has 2 amide bonds. The quantitative estimate of drug-likeness (QED) is 0.344. The molecule has 41 heavy (non-hydrogen) atoms. The van der Waals surface area contributed by atoms with Crippen LogP contribution in [0.15, 0.2) is 77.8 Å². The fourth-order valence-corrected chi connectivity index (χ4v) is 5.54. The van der Waals surface area contributed by atoms with Crippen molar-refractivity contribution in [2.45, 2.75) is 17.4 Å². The van der Waals surface area contributed by atoms with Gasteiger partial charge < -0.3 is 20.1 Å². The van der Waals surface area contributed by atoms with Crippen molar-refractivity contribution in [2.75, 3.05) is 24.0 Å². The molecule has 0 saturated heterocycles. The number of ether oxygens (including phenoxy) is 2. The summed E-state index contributed by atoms with van der Waals surface area (Å²) >= 11 is 11.7. The fraction of sp³-hybridized carbons (Fsp3) is 0.185. The molecule has 1 unspecified atom stereocenters. The van der Waals surface area contributed by atoms with Crippen LogP contribution in [0.1, 0.15) is 6.42 Å². The van der Waals surface area contributed by atoms with E-state index in [1.807, 2.05) is 0 Å². The van der Waals surface area contributed by atoms with Crippen molar-refractivity contribution in [1.29, 1.82) is 0 Å². The molecule has 1 aliphatic rings. The van der Waals surface area contributed by atoms with E-state index in [1.165, 1.54) is 30.3 Å². The van der Waals surface area contributed by atoms with Crippen molar-refractivity contribution in [2.24, 2.45) is 0 Å². The van der Waals surface area contributed by atoms with Gasteiger partial charge in [-0.2, -0.15) is 0 Å². The maximum absolute atomic E-state index is 13.5. The maximum Gasteiger partial charge on any atom is 0.264 e. The first-order valence-electron chi connectivity index (χ1n) is 12.0. The summed E-state index contributed by atoms with van der Waals surface area (Å²) in [4.78, 5) is 24.9.